The fraction of sp³-hybridized carbons (Fsp3) is 0.219. The van der Waals surface area contributed by atoms with Gasteiger partial charge in [0.25, 0.3) is 15.9 Å². The zero-order chi connectivity index (χ0) is 31.1. The van der Waals surface area contributed by atoms with Crippen molar-refractivity contribution in [2.75, 3.05) is 25.5 Å². The van der Waals surface area contributed by atoms with E-state index in [-0.39, 0.29) is 22.6 Å². The number of anilines is 1. The van der Waals surface area contributed by atoms with E-state index < -0.39 is 39.5 Å². The molecular formula is C32H32FN3O6S. The number of ether oxygens (including phenoxy) is 1. The number of sulfonamides is 1. The zero-order valence-electron chi connectivity index (χ0n) is 24.0. The van der Waals surface area contributed by atoms with Crippen LogP contribution in [0.3, 0.4) is 0 Å². The quantitative estimate of drug-likeness (QED) is 0.238. The van der Waals surface area contributed by atoms with Gasteiger partial charge in [0.05, 0.1) is 17.6 Å². The van der Waals surface area contributed by atoms with E-state index in [1.807, 2.05) is 12.1 Å². The molecule has 0 fully saturated rings. The van der Waals surface area contributed by atoms with Crippen LogP contribution in [0.15, 0.2) is 89.8 Å². The van der Waals surface area contributed by atoms with Crippen LogP contribution < -0.4 is 14.8 Å². The molecule has 0 aliphatic rings. The van der Waals surface area contributed by atoms with Gasteiger partial charge >= 0.3 is 0 Å². The van der Waals surface area contributed by atoms with Crippen molar-refractivity contribution in [2.24, 2.45) is 5.92 Å². The van der Waals surface area contributed by atoms with Crippen LogP contribution in [-0.4, -0.2) is 51.2 Å². The Morgan fingerprint density at radius 1 is 0.884 bits per heavy atom. The van der Waals surface area contributed by atoms with Crippen molar-refractivity contribution < 1.29 is 31.9 Å². The number of methoxy groups -OCH3 is 1. The van der Waals surface area contributed by atoms with Gasteiger partial charge in [-0.05, 0) is 79.1 Å². The van der Waals surface area contributed by atoms with Gasteiger partial charge in [0.15, 0.2) is 0 Å². The van der Waals surface area contributed by atoms with Gasteiger partial charge in [0.1, 0.15) is 17.5 Å². The first kappa shape index (κ1) is 31.2. The smallest absolute Gasteiger partial charge is 0.264 e. The molecule has 0 radical (unpaired) electrons. The Balaban J connectivity index is 1.54. The molecule has 224 valence electrons. The highest BCUT2D eigenvalue weighted by molar-refractivity contribution is 7.90. The van der Waals surface area contributed by atoms with Crippen molar-refractivity contribution in [1.29, 1.82) is 0 Å². The minimum absolute atomic E-state index is 0.0146. The topological polar surface area (TPSA) is 122 Å². The molecule has 4 rings (SSSR count). The lowest BCUT2D eigenvalue weighted by Gasteiger charge is -2.25. The number of nitrogens with zero attached hydrogens (tertiary/aromatic N) is 1. The summed E-state index contributed by atoms with van der Waals surface area (Å²) in [4.78, 5) is 40.9. The number of hydrogen-bond acceptors (Lipinski definition) is 6. The highest BCUT2D eigenvalue weighted by atomic mass is 32.2. The number of benzene rings is 4. The van der Waals surface area contributed by atoms with E-state index in [9.17, 15) is 27.2 Å². The second kappa shape index (κ2) is 13.5. The Labute approximate surface area is 249 Å². The van der Waals surface area contributed by atoms with Gasteiger partial charge in [-0.3, -0.25) is 14.4 Å². The molecule has 9 nitrogen and oxygen atoms in total. The molecule has 1 atom stereocenters. The van der Waals surface area contributed by atoms with E-state index in [0.29, 0.717) is 29.7 Å². The van der Waals surface area contributed by atoms with Gasteiger partial charge in [-0.2, -0.15) is 0 Å². The third-order valence-electron chi connectivity index (χ3n) is 7.01. The van der Waals surface area contributed by atoms with Crippen molar-refractivity contribution >= 4 is 44.2 Å². The SMILES string of the molecule is CCN(CC)C(=O)C(Cc1ccc(NC(=O)c2cc(F)ccc2OC)cc1)C(=O)NS(=O)(=O)c1ccc2ccccc2c1. The van der Waals surface area contributed by atoms with Crippen LogP contribution in [0, 0.1) is 11.7 Å². The Morgan fingerprint density at radius 3 is 2.21 bits per heavy atom. The normalized spacial score (nSPS) is 11.9. The number of halogens is 1. The molecule has 0 saturated carbocycles. The summed E-state index contributed by atoms with van der Waals surface area (Å²) in [6.07, 6.45) is -0.0830. The number of fused-ring (bicyclic) bond motifs is 1. The molecule has 4 aromatic rings. The lowest BCUT2D eigenvalue weighted by Crippen LogP contribution is -2.46. The lowest BCUT2D eigenvalue weighted by molar-refractivity contribution is -0.141. The minimum atomic E-state index is -4.27. The second-order valence-corrected chi connectivity index (χ2v) is 11.4. The molecule has 0 aliphatic heterocycles. The largest absolute Gasteiger partial charge is 0.496 e. The Bertz CT molecular complexity index is 1750. The minimum Gasteiger partial charge on any atom is -0.496 e. The summed E-state index contributed by atoms with van der Waals surface area (Å²) >= 11 is 0. The maximum atomic E-state index is 13.7. The van der Waals surface area contributed by atoms with Gasteiger partial charge in [-0.25, -0.2) is 17.5 Å². The summed E-state index contributed by atoms with van der Waals surface area (Å²) in [7, 11) is -2.90. The first-order valence-electron chi connectivity index (χ1n) is 13.6. The van der Waals surface area contributed by atoms with Crippen LogP contribution in [0.5, 0.6) is 5.75 Å². The fourth-order valence-corrected chi connectivity index (χ4v) is 5.72. The molecule has 11 heteroatoms. The second-order valence-electron chi connectivity index (χ2n) is 9.74. The van der Waals surface area contributed by atoms with Crippen LogP contribution >= 0.6 is 0 Å². The van der Waals surface area contributed by atoms with E-state index >= 15 is 0 Å². The van der Waals surface area contributed by atoms with Gasteiger partial charge in [-0.1, -0.05) is 42.5 Å². The van der Waals surface area contributed by atoms with Crippen LogP contribution in [0.25, 0.3) is 10.8 Å². The highest BCUT2D eigenvalue weighted by Crippen LogP contribution is 2.23. The Hall–Kier alpha value is -4.77. The van der Waals surface area contributed by atoms with E-state index in [4.69, 9.17) is 4.74 Å². The van der Waals surface area contributed by atoms with Crippen molar-refractivity contribution in [3.8, 4) is 5.75 Å². The first-order valence-corrected chi connectivity index (χ1v) is 15.1. The van der Waals surface area contributed by atoms with Gasteiger partial charge < -0.3 is 15.0 Å². The van der Waals surface area contributed by atoms with Gasteiger partial charge in [0, 0.05) is 18.8 Å². The average Bonchev–Trinajstić information content (AvgIpc) is 3.00. The summed E-state index contributed by atoms with van der Waals surface area (Å²) in [6.45, 7) is 4.22. The van der Waals surface area contributed by atoms with E-state index in [0.717, 1.165) is 11.5 Å². The third kappa shape index (κ3) is 7.36. The number of hydrogen-bond donors (Lipinski definition) is 2. The number of carbonyl (C=O) groups excluding carboxylic acids is 3. The van der Waals surface area contributed by atoms with E-state index in [2.05, 4.69) is 10.0 Å². The maximum absolute atomic E-state index is 13.7. The predicted molar refractivity (Wildman–Crippen MR) is 162 cm³/mol. The molecule has 1 unspecified atom stereocenters. The van der Waals surface area contributed by atoms with Crippen molar-refractivity contribution in [2.45, 2.75) is 25.2 Å². The van der Waals surface area contributed by atoms with E-state index in [1.54, 1.807) is 56.3 Å². The number of nitrogens with one attached hydrogen (secondary N) is 2. The van der Waals surface area contributed by atoms with Crippen LogP contribution in [0.1, 0.15) is 29.8 Å². The number of amides is 3. The molecule has 0 spiro atoms. The molecule has 43 heavy (non-hydrogen) atoms. The summed E-state index contributed by atoms with van der Waals surface area (Å²) in [6, 6.07) is 21.7. The number of carbonyl (C=O) groups is 3. The molecule has 0 bridgehead atoms. The summed E-state index contributed by atoms with van der Waals surface area (Å²) < 4.78 is 47.3. The monoisotopic (exact) mass is 605 g/mol. The standard InChI is InChI=1S/C32H32FN3O6S/c1-4-36(5-2)32(39)28(31(38)35-43(40,41)26-16-12-22-8-6-7-9-23(22)19-26)18-21-10-14-25(15-11-21)34-30(37)27-20-24(33)13-17-29(27)42-3/h6-17,19-20,28H,4-5,18H2,1-3H3,(H,34,37)(H,35,38). The van der Waals surface area contributed by atoms with E-state index in [1.165, 1.54) is 36.3 Å². The van der Waals surface area contributed by atoms with Crippen molar-refractivity contribution in [3.05, 3.63) is 102 Å². The molecule has 0 aliphatic carbocycles. The zero-order valence-corrected chi connectivity index (χ0v) is 24.8. The summed E-state index contributed by atoms with van der Waals surface area (Å²) in [5.41, 5.74) is 0.959. The van der Waals surface area contributed by atoms with Gasteiger partial charge in [0.2, 0.25) is 11.8 Å². The van der Waals surface area contributed by atoms with Crippen LogP contribution in [0.4, 0.5) is 10.1 Å². The number of rotatable bonds is 11. The molecule has 0 aromatic heterocycles. The molecular weight excluding hydrogens is 573 g/mol. The predicted octanol–water partition coefficient (Wildman–Crippen LogP) is 4.77. The van der Waals surface area contributed by atoms with Gasteiger partial charge in [-0.15, -0.1) is 0 Å². The Kier molecular flexibility index (Phi) is 9.77. The molecule has 2 N–H and O–H groups in total. The average molecular weight is 606 g/mol. The molecule has 0 saturated heterocycles. The molecule has 4 aromatic carbocycles. The maximum Gasteiger partial charge on any atom is 0.264 e. The summed E-state index contributed by atoms with van der Waals surface area (Å²) in [5.74, 6) is -3.75. The lowest BCUT2D eigenvalue weighted by atomic mass is 9.97. The van der Waals surface area contributed by atoms with Crippen LogP contribution in [0.2, 0.25) is 0 Å². The third-order valence-corrected chi connectivity index (χ3v) is 8.36. The fourth-order valence-electron chi connectivity index (χ4n) is 4.66. The van der Waals surface area contributed by atoms with Crippen molar-refractivity contribution in [1.82, 2.24) is 9.62 Å². The van der Waals surface area contributed by atoms with Crippen LogP contribution in [-0.2, 0) is 26.0 Å². The first-order chi connectivity index (χ1) is 20.6. The molecule has 3 amide bonds. The molecule has 0 heterocycles. The Morgan fingerprint density at radius 2 is 1.56 bits per heavy atom. The highest BCUT2D eigenvalue weighted by Gasteiger charge is 2.33. The van der Waals surface area contributed by atoms with Crippen molar-refractivity contribution in [3.63, 3.8) is 0 Å². The summed E-state index contributed by atoms with van der Waals surface area (Å²) in [5, 5.41) is 4.20.